The number of hydrogen-bond acceptors (Lipinski definition) is 4. The number of nitrogens with one attached hydrogen (secondary N) is 1. The molecule has 1 aliphatic rings. The van der Waals surface area contributed by atoms with Gasteiger partial charge >= 0.3 is 0 Å². The lowest BCUT2D eigenvalue weighted by molar-refractivity contribution is 0.246. The standard InChI is InChI=1S/C19H21F3N2O3S/c1-27-14-6-4-13(5-7-14)18(24-8-2-3-9-24)12-23-28(25,26)19-11-16(21)15(20)10-17(19)22/h4-7,10-11,18,23H,2-3,8-9,12H2,1H3. The Bertz CT molecular complexity index is 930. The van der Waals surface area contributed by atoms with Crippen LogP contribution in [0.25, 0.3) is 0 Å². The van der Waals surface area contributed by atoms with Crippen LogP contribution < -0.4 is 9.46 Å². The van der Waals surface area contributed by atoms with Gasteiger partial charge in [0.1, 0.15) is 16.5 Å². The van der Waals surface area contributed by atoms with E-state index in [9.17, 15) is 21.6 Å². The Morgan fingerprint density at radius 1 is 1.04 bits per heavy atom. The Morgan fingerprint density at radius 2 is 1.64 bits per heavy atom. The summed E-state index contributed by atoms with van der Waals surface area (Å²) in [6.07, 6.45) is 1.99. The molecular weight excluding hydrogens is 393 g/mol. The van der Waals surface area contributed by atoms with Crippen LogP contribution in [-0.2, 0) is 10.0 Å². The van der Waals surface area contributed by atoms with Crippen LogP contribution in [-0.4, -0.2) is 40.1 Å². The molecule has 5 nitrogen and oxygen atoms in total. The van der Waals surface area contributed by atoms with Crippen molar-refractivity contribution in [3.8, 4) is 5.75 Å². The highest BCUT2D eigenvalue weighted by molar-refractivity contribution is 7.89. The predicted octanol–water partition coefficient (Wildman–Crippen LogP) is 3.23. The first-order chi connectivity index (χ1) is 13.3. The summed E-state index contributed by atoms with van der Waals surface area (Å²) in [5, 5.41) is 0. The summed E-state index contributed by atoms with van der Waals surface area (Å²) in [7, 11) is -2.81. The molecule has 2 aromatic carbocycles. The molecule has 1 aliphatic heterocycles. The minimum absolute atomic E-state index is 0.0346. The Morgan fingerprint density at radius 3 is 2.25 bits per heavy atom. The fourth-order valence-electron chi connectivity index (χ4n) is 3.31. The van der Waals surface area contributed by atoms with Gasteiger partial charge < -0.3 is 4.74 Å². The van der Waals surface area contributed by atoms with Crippen molar-refractivity contribution in [1.82, 2.24) is 9.62 Å². The third kappa shape index (κ3) is 4.48. The molecule has 0 aliphatic carbocycles. The van der Waals surface area contributed by atoms with Crippen molar-refractivity contribution in [2.45, 2.75) is 23.8 Å². The van der Waals surface area contributed by atoms with Crippen LogP contribution >= 0.6 is 0 Å². The summed E-state index contributed by atoms with van der Waals surface area (Å²) in [6.45, 7) is 1.57. The van der Waals surface area contributed by atoms with E-state index in [1.54, 1.807) is 19.2 Å². The van der Waals surface area contributed by atoms with Crippen molar-refractivity contribution >= 4 is 10.0 Å². The van der Waals surface area contributed by atoms with Crippen LogP contribution in [0.5, 0.6) is 5.75 Å². The van der Waals surface area contributed by atoms with Gasteiger partial charge in [-0.25, -0.2) is 26.3 Å². The van der Waals surface area contributed by atoms with Crippen molar-refractivity contribution in [3.05, 3.63) is 59.4 Å². The lowest BCUT2D eigenvalue weighted by atomic mass is 10.1. The SMILES string of the molecule is COc1ccc(C(CNS(=O)(=O)c2cc(F)c(F)cc2F)N2CCCC2)cc1. The van der Waals surface area contributed by atoms with Gasteiger partial charge in [-0.1, -0.05) is 12.1 Å². The van der Waals surface area contributed by atoms with E-state index in [0.29, 0.717) is 11.8 Å². The summed E-state index contributed by atoms with van der Waals surface area (Å²) in [5.74, 6) is -3.53. The first-order valence-corrected chi connectivity index (χ1v) is 10.3. The molecule has 152 valence electrons. The largest absolute Gasteiger partial charge is 0.497 e. The number of hydrogen-bond donors (Lipinski definition) is 1. The first kappa shape index (κ1) is 20.6. The van der Waals surface area contributed by atoms with E-state index in [2.05, 4.69) is 9.62 Å². The molecule has 0 saturated carbocycles. The Kier molecular flexibility index (Phi) is 6.26. The molecule has 1 unspecified atom stereocenters. The number of halogens is 3. The van der Waals surface area contributed by atoms with Gasteiger partial charge in [0.15, 0.2) is 11.6 Å². The molecule has 9 heteroatoms. The highest BCUT2D eigenvalue weighted by Gasteiger charge is 2.27. The van der Waals surface area contributed by atoms with Crippen LogP contribution in [0, 0.1) is 17.5 Å². The number of rotatable bonds is 7. The van der Waals surface area contributed by atoms with Crippen molar-refractivity contribution in [1.29, 1.82) is 0 Å². The summed E-state index contributed by atoms with van der Waals surface area (Å²) in [6, 6.07) is 7.54. The number of likely N-dealkylation sites (tertiary alicyclic amines) is 1. The smallest absolute Gasteiger partial charge is 0.243 e. The van der Waals surface area contributed by atoms with Gasteiger partial charge in [-0.05, 0) is 49.7 Å². The average molecular weight is 414 g/mol. The van der Waals surface area contributed by atoms with Crippen LogP contribution in [0.1, 0.15) is 24.4 Å². The predicted molar refractivity (Wildman–Crippen MR) is 98.0 cm³/mol. The number of sulfonamides is 1. The van der Waals surface area contributed by atoms with Crippen molar-refractivity contribution < 1.29 is 26.3 Å². The summed E-state index contributed by atoms with van der Waals surface area (Å²) >= 11 is 0. The van der Waals surface area contributed by atoms with Crippen molar-refractivity contribution in [2.75, 3.05) is 26.7 Å². The molecule has 1 heterocycles. The minimum Gasteiger partial charge on any atom is -0.497 e. The molecule has 3 rings (SSSR count). The second kappa shape index (κ2) is 8.50. The van der Waals surface area contributed by atoms with E-state index in [-0.39, 0.29) is 18.7 Å². The molecular formula is C19H21F3N2O3S. The van der Waals surface area contributed by atoms with E-state index >= 15 is 0 Å². The molecule has 1 N–H and O–H groups in total. The third-order valence-electron chi connectivity index (χ3n) is 4.81. The summed E-state index contributed by atoms with van der Waals surface area (Å²) < 4.78 is 72.9. The zero-order chi connectivity index (χ0) is 20.3. The molecule has 1 fully saturated rings. The first-order valence-electron chi connectivity index (χ1n) is 8.84. The highest BCUT2D eigenvalue weighted by atomic mass is 32.2. The van der Waals surface area contributed by atoms with Gasteiger partial charge in [0.25, 0.3) is 0 Å². The molecule has 0 bridgehead atoms. The minimum atomic E-state index is -4.36. The molecule has 0 aromatic heterocycles. The Labute approximate surface area is 162 Å². The van der Waals surface area contributed by atoms with Gasteiger partial charge in [-0.15, -0.1) is 0 Å². The maximum Gasteiger partial charge on any atom is 0.243 e. The van der Waals surface area contributed by atoms with E-state index in [1.807, 2.05) is 12.1 Å². The van der Waals surface area contributed by atoms with Crippen LogP contribution in [0.15, 0.2) is 41.3 Å². The molecule has 0 radical (unpaired) electrons. The second-order valence-corrected chi connectivity index (χ2v) is 8.32. The van der Waals surface area contributed by atoms with Crippen LogP contribution in [0.3, 0.4) is 0 Å². The summed E-state index contributed by atoms with van der Waals surface area (Å²) in [5.41, 5.74) is 0.871. The van der Waals surface area contributed by atoms with Crippen LogP contribution in [0.4, 0.5) is 13.2 Å². The van der Waals surface area contributed by atoms with E-state index in [4.69, 9.17) is 4.74 Å². The number of benzene rings is 2. The number of ether oxygens (including phenoxy) is 1. The van der Waals surface area contributed by atoms with Gasteiger partial charge in [0, 0.05) is 18.7 Å². The second-order valence-electron chi connectivity index (χ2n) is 6.58. The maximum atomic E-state index is 13.9. The van der Waals surface area contributed by atoms with E-state index < -0.39 is 32.4 Å². The highest BCUT2D eigenvalue weighted by Crippen LogP contribution is 2.27. The quantitative estimate of drug-likeness (QED) is 0.707. The van der Waals surface area contributed by atoms with Crippen molar-refractivity contribution in [2.24, 2.45) is 0 Å². The zero-order valence-electron chi connectivity index (χ0n) is 15.3. The molecule has 0 amide bonds. The Hall–Kier alpha value is -2.10. The topological polar surface area (TPSA) is 58.6 Å². The summed E-state index contributed by atoms with van der Waals surface area (Å²) in [4.78, 5) is 1.22. The lowest BCUT2D eigenvalue weighted by Gasteiger charge is -2.28. The molecule has 28 heavy (non-hydrogen) atoms. The molecule has 2 aromatic rings. The zero-order valence-corrected chi connectivity index (χ0v) is 16.1. The average Bonchev–Trinajstić information content (AvgIpc) is 3.19. The monoisotopic (exact) mass is 414 g/mol. The van der Waals surface area contributed by atoms with Crippen LogP contribution in [0.2, 0.25) is 0 Å². The van der Waals surface area contributed by atoms with Gasteiger partial charge in [0.2, 0.25) is 10.0 Å². The normalized spacial score (nSPS) is 16.3. The molecule has 1 atom stereocenters. The van der Waals surface area contributed by atoms with E-state index in [0.717, 1.165) is 31.5 Å². The van der Waals surface area contributed by atoms with Crippen molar-refractivity contribution in [3.63, 3.8) is 0 Å². The number of nitrogens with zero attached hydrogens (tertiary/aromatic N) is 1. The van der Waals surface area contributed by atoms with Gasteiger partial charge in [-0.3, -0.25) is 4.90 Å². The number of methoxy groups -OCH3 is 1. The third-order valence-corrected chi connectivity index (χ3v) is 6.25. The fraction of sp³-hybridized carbons (Fsp3) is 0.368. The Balaban J connectivity index is 1.83. The lowest BCUT2D eigenvalue weighted by Crippen LogP contribution is -2.37. The molecule has 1 saturated heterocycles. The maximum absolute atomic E-state index is 13.9. The van der Waals surface area contributed by atoms with E-state index in [1.165, 1.54) is 0 Å². The van der Waals surface area contributed by atoms with Gasteiger partial charge in [0.05, 0.1) is 7.11 Å². The van der Waals surface area contributed by atoms with Gasteiger partial charge in [-0.2, -0.15) is 0 Å². The fourth-order valence-corrected chi connectivity index (χ4v) is 4.42. The molecule has 0 spiro atoms.